The second kappa shape index (κ2) is 7.36. The number of rotatable bonds is 5. The number of hydrogen-bond acceptors (Lipinski definition) is 3. The average molecular weight is 388 g/mol. The van der Waals surface area contributed by atoms with Crippen molar-refractivity contribution in [3.05, 3.63) is 78.4 Å². The van der Waals surface area contributed by atoms with Crippen molar-refractivity contribution in [2.24, 2.45) is 0 Å². The largest absolute Gasteiger partial charge is 0.378 e. The molecule has 3 rings (SSSR count). The van der Waals surface area contributed by atoms with Crippen LogP contribution in [0.5, 0.6) is 0 Å². The Balaban J connectivity index is 2.16. The van der Waals surface area contributed by atoms with Crippen molar-refractivity contribution in [1.29, 1.82) is 0 Å². The van der Waals surface area contributed by atoms with E-state index in [-0.39, 0.29) is 10.5 Å². The highest BCUT2D eigenvalue weighted by Crippen LogP contribution is 2.32. The number of benzene rings is 3. The van der Waals surface area contributed by atoms with Crippen molar-refractivity contribution in [2.45, 2.75) is 4.90 Å². The van der Waals surface area contributed by atoms with Gasteiger partial charge in [0.1, 0.15) is 0 Å². The first-order chi connectivity index (χ1) is 12.8. The Bertz CT molecular complexity index is 1070. The van der Waals surface area contributed by atoms with Crippen LogP contribution in [0.25, 0.3) is 11.1 Å². The molecule has 0 atom stereocenters. The molecule has 0 saturated heterocycles. The zero-order valence-corrected chi connectivity index (χ0v) is 15.6. The minimum atomic E-state index is -4.13. The maximum Gasteiger partial charge on any atom is 0.262 e. The Kier molecular flexibility index (Phi) is 5.14. The van der Waals surface area contributed by atoms with Crippen molar-refractivity contribution in [2.75, 3.05) is 23.7 Å². The molecule has 0 aromatic heterocycles. The minimum absolute atomic E-state index is 0.0843. The topological polar surface area (TPSA) is 49.4 Å². The number of sulfonamides is 1. The number of para-hydroxylation sites is 1. The molecule has 140 valence electrons. The summed E-state index contributed by atoms with van der Waals surface area (Å²) in [5.74, 6) is -2.34. The molecule has 0 radical (unpaired) electrons. The summed E-state index contributed by atoms with van der Waals surface area (Å²) in [5.41, 5.74) is 1.68. The minimum Gasteiger partial charge on any atom is -0.378 e. The summed E-state index contributed by atoms with van der Waals surface area (Å²) in [6, 6.07) is 16.8. The molecule has 0 amide bonds. The van der Waals surface area contributed by atoms with Crippen LogP contribution in [-0.2, 0) is 10.0 Å². The Morgan fingerprint density at radius 2 is 1.52 bits per heavy atom. The molecule has 0 aliphatic heterocycles. The zero-order chi connectivity index (χ0) is 19.6. The van der Waals surface area contributed by atoms with E-state index in [0.717, 1.165) is 11.8 Å². The molecule has 4 nitrogen and oxygen atoms in total. The van der Waals surface area contributed by atoms with Gasteiger partial charge in [0.2, 0.25) is 0 Å². The van der Waals surface area contributed by atoms with Gasteiger partial charge in [0.05, 0.1) is 4.90 Å². The van der Waals surface area contributed by atoms with Crippen LogP contribution in [0.3, 0.4) is 0 Å². The summed E-state index contributed by atoms with van der Waals surface area (Å²) in [5, 5.41) is 0. The van der Waals surface area contributed by atoms with Gasteiger partial charge < -0.3 is 4.90 Å². The van der Waals surface area contributed by atoms with E-state index in [1.807, 2.05) is 25.1 Å². The summed E-state index contributed by atoms with van der Waals surface area (Å²) in [4.78, 5) is 1.50. The van der Waals surface area contributed by atoms with Crippen LogP contribution in [0.4, 0.5) is 20.2 Å². The van der Waals surface area contributed by atoms with E-state index in [1.165, 1.54) is 0 Å². The predicted molar refractivity (Wildman–Crippen MR) is 103 cm³/mol. The zero-order valence-electron chi connectivity index (χ0n) is 14.8. The maximum atomic E-state index is 13.9. The average Bonchev–Trinajstić information content (AvgIpc) is 2.64. The predicted octanol–water partition coefficient (Wildman–Crippen LogP) is 4.50. The van der Waals surface area contributed by atoms with E-state index in [0.29, 0.717) is 17.3 Å². The molecule has 3 aromatic rings. The molecule has 0 aliphatic carbocycles. The smallest absolute Gasteiger partial charge is 0.262 e. The van der Waals surface area contributed by atoms with Crippen molar-refractivity contribution < 1.29 is 17.2 Å². The lowest BCUT2D eigenvalue weighted by Crippen LogP contribution is -2.15. The monoisotopic (exact) mass is 388 g/mol. The van der Waals surface area contributed by atoms with Gasteiger partial charge in [-0.05, 0) is 42.0 Å². The molecule has 0 fully saturated rings. The SMILES string of the molecule is CN(C)c1cccc(-c2cc(F)c(F)cc2S(=O)(=O)Nc2ccccc2)c1. The summed E-state index contributed by atoms with van der Waals surface area (Å²) in [7, 11) is -0.470. The van der Waals surface area contributed by atoms with Crippen molar-refractivity contribution in [3.8, 4) is 11.1 Å². The van der Waals surface area contributed by atoms with Gasteiger partial charge in [-0.3, -0.25) is 4.72 Å². The summed E-state index contributed by atoms with van der Waals surface area (Å²) in [6.45, 7) is 0. The standard InChI is InChI=1S/C20H18F2N2O2S/c1-24(2)16-10-6-7-14(11-16)17-12-18(21)19(22)13-20(17)27(25,26)23-15-8-4-3-5-9-15/h3-13,23H,1-2H3. The quantitative estimate of drug-likeness (QED) is 0.700. The first kappa shape index (κ1) is 18.8. The third-order valence-corrected chi connectivity index (χ3v) is 5.43. The van der Waals surface area contributed by atoms with Gasteiger partial charge in [-0.1, -0.05) is 30.3 Å². The Labute approximate surface area is 157 Å². The van der Waals surface area contributed by atoms with E-state index in [1.54, 1.807) is 48.5 Å². The number of nitrogens with one attached hydrogen (secondary N) is 1. The van der Waals surface area contributed by atoms with Crippen LogP contribution in [0.2, 0.25) is 0 Å². The molecular formula is C20H18F2N2O2S. The Morgan fingerprint density at radius 3 is 2.19 bits per heavy atom. The number of nitrogens with zero attached hydrogens (tertiary/aromatic N) is 1. The van der Waals surface area contributed by atoms with Gasteiger partial charge in [-0.15, -0.1) is 0 Å². The summed E-state index contributed by atoms with van der Waals surface area (Å²) in [6.07, 6.45) is 0. The summed E-state index contributed by atoms with van der Waals surface area (Å²) >= 11 is 0. The molecule has 0 spiro atoms. The van der Waals surface area contributed by atoms with Crippen molar-refractivity contribution in [3.63, 3.8) is 0 Å². The number of hydrogen-bond donors (Lipinski definition) is 1. The van der Waals surface area contributed by atoms with E-state index >= 15 is 0 Å². The Hall–Kier alpha value is -2.93. The fraction of sp³-hybridized carbons (Fsp3) is 0.100. The summed E-state index contributed by atoms with van der Waals surface area (Å²) < 4.78 is 55.9. The molecule has 0 unspecified atom stereocenters. The lowest BCUT2D eigenvalue weighted by Gasteiger charge is -2.16. The lowest BCUT2D eigenvalue weighted by atomic mass is 10.0. The fourth-order valence-electron chi connectivity index (χ4n) is 2.64. The van der Waals surface area contributed by atoms with Crippen LogP contribution in [-0.4, -0.2) is 22.5 Å². The van der Waals surface area contributed by atoms with Gasteiger partial charge in [-0.2, -0.15) is 0 Å². The third kappa shape index (κ3) is 4.09. The Morgan fingerprint density at radius 1 is 0.852 bits per heavy atom. The van der Waals surface area contributed by atoms with E-state index < -0.39 is 21.7 Å². The van der Waals surface area contributed by atoms with Crippen LogP contribution in [0, 0.1) is 11.6 Å². The van der Waals surface area contributed by atoms with Crippen LogP contribution >= 0.6 is 0 Å². The maximum absolute atomic E-state index is 13.9. The molecule has 0 bridgehead atoms. The highest BCUT2D eigenvalue weighted by molar-refractivity contribution is 7.92. The molecule has 0 saturated carbocycles. The molecule has 3 aromatic carbocycles. The first-order valence-electron chi connectivity index (χ1n) is 8.12. The molecule has 0 aliphatic rings. The van der Waals surface area contributed by atoms with Gasteiger partial charge in [0, 0.05) is 31.0 Å². The first-order valence-corrected chi connectivity index (χ1v) is 9.61. The van der Waals surface area contributed by atoms with E-state index in [4.69, 9.17) is 0 Å². The highest BCUT2D eigenvalue weighted by Gasteiger charge is 2.23. The van der Waals surface area contributed by atoms with Crippen molar-refractivity contribution in [1.82, 2.24) is 0 Å². The fourth-order valence-corrected chi connectivity index (χ4v) is 3.93. The van der Waals surface area contributed by atoms with Crippen LogP contribution in [0.1, 0.15) is 0 Å². The highest BCUT2D eigenvalue weighted by atomic mass is 32.2. The van der Waals surface area contributed by atoms with Crippen molar-refractivity contribution >= 4 is 21.4 Å². The van der Waals surface area contributed by atoms with E-state index in [9.17, 15) is 17.2 Å². The number of anilines is 2. The van der Waals surface area contributed by atoms with Gasteiger partial charge >= 0.3 is 0 Å². The van der Waals surface area contributed by atoms with Gasteiger partial charge in [0.25, 0.3) is 10.0 Å². The molecule has 7 heteroatoms. The molecule has 0 heterocycles. The third-order valence-electron chi connectivity index (χ3n) is 4.01. The lowest BCUT2D eigenvalue weighted by molar-refractivity contribution is 0.505. The van der Waals surface area contributed by atoms with Gasteiger partial charge in [-0.25, -0.2) is 17.2 Å². The molecular weight excluding hydrogens is 370 g/mol. The second-order valence-corrected chi connectivity index (χ2v) is 7.83. The molecule has 27 heavy (non-hydrogen) atoms. The molecule has 1 N–H and O–H groups in total. The number of halogens is 2. The second-order valence-electron chi connectivity index (χ2n) is 6.18. The van der Waals surface area contributed by atoms with Crippen LogP contribution in [0.15, 0.2) is 71.6 Å². The van der Waals surface area contributed by atoms with E-state index in [2.05, 4.69) is 4.72 Å². The normalized spacial score (nSPS) is 11.3. The van der Waals surface area contributed by atoms with Gasteiger partial charge in [0.15, 0.2) is 11.6 Å². The van der Waals surface area contributed by atoms with Crippen LogP contribution < -0.4 is 9.62 Å².